The highest BCUT2D eigenvalue weighted by atomic mass is 19.1. The molecule has 0 saturated heterocycles. The highest BCUT2D eigenvalue weighted by Crippen LogP contribution is 2.02. The van der Waals surface area contributed by atoms with E-state index in [0.717, 1.165) is 0 Å². The lowest BCUT2D eigenvalue weighted by atomic mass is 10.2. The van der Waals surface area contributed by atoms with Crippen molar-refractivity contribution in [3.63, 3.8) is 0 Å². The van der Waals surface area contributed by atoms with E-state index >= 15 is 0 Å². The van der Waals surface area contributed by atoms with E-state index in [0.29, 0.717) is 37.9 Å². The molecule has 6 heteroatoms. The summed E-state index contributed by atoms with van der Waals surface area (Å²) in [5, 5.41) is 5.47. The van der Waals surface area contributed by atoms with Gasteiger partial charge in [0.25, 0.3) is 5.91 Å². The van der Waals surface area contributed by atoms with Crippen molar-refractivity contribution in [2.24, 2.45) is 5.73 Å². The second kappa shape index (κ2) is 9.07. The van der Waals surface area contributed by atoms with E-state index in [1.807, 2.05) is 6.92 Å². The largest absolute Gasteiger partial charge is 0.356 e. The van der Waals surface area contributed by atoms with Crippen LogP contribution in [0.15, 0.2) is 24.3 Å². The summed E-state index contributed by atoms with van der Waals surface area (Å²) in [5.41, 5.74) is 5.98. The van der Waals surface area contributed by atoms with Crippen LogP contribution in [0.4, 0.5) is 4.39 Å². The number of benzene rings is 1. The Bertz CT molecular complexity index is 460. The molecule has 21 heavy (non-hydrogen) atoms. The van der Waals surface area contributed by atoms with Crippen molar-refractivity contribution in [2.75, 3.05) is 13.1 Å². The first kappa shape index (κ1) is 17.1. The van der Waals surface area contributed by atoms with Crippen LogP contribution in [0.25, 0.3) is 0 Å². The lowest BCUT2D eigenvalue weighted by Crippen LogP contribution is -2.30. The number of carbonyl (C=O) groups excluding carboxylic acids is 2. The molecule has 0 aliphatic rings. The first-order valence-corrected chi connectivity index (χ1v) is 7.05. The van der Waals surface area contributed by atoms with Gasteiger partial charge in [0.15, 0.2) is 0 Å². The van der Waals surface area contributed by atoms with Gasteiger partial charge in [0.05, 0.1) is 0 Å². The predicted octanol–water partition coefficient (Wildman–Crippen LogP) is 1.19. The second-order valence-corrected chi connectivity index (χ2v) is 4.98. The highest BCUT2D eigenvalue weighted by Gasteiger charge is 2.05. The third-order valence-electron chi connectivity index (χ3n) is 2.89. The number of carbonyl (C=O) groups is 2. The zero-order valence-corrected chi connectivity index (χ0v) is 12.2. The van der Waals surface area contributed by atoms with Gasteiger partial charge in [0.2, 0.25) is 5.91 Å². The van der Waals surface area contributed by atoms with Crippen LogP contribution in [-0.4, -0.2) is 30.9 Å². The molecule has 0 radical (unpaired) electrons. The summed E-state index contributed by atoms with van der Waals surface area (Å²) < 4.78 is 12.7. The molecule has 1 aromatic carbocycles. The number of rotatable bonds is 8. The Labute approximate surface area is 124 Å². The Morgan fingerprint density at radius 1 is 1.19 bits per heavy atom. The molecule has 1 rings (SSSR count). The second-order valence-electron chi connectivity index (χ2n) is 4.98. The molecular formula is C15H22FN3O2. The molecule has 0 aliphatic carbocycles. The SMILES string of the molecule is CC(N)CCC(=O)NCCCNC(=O)c1ccc(F)cc1. The van der Waals surface area contributed by atoms with E-state index < -0.39 is 0 Å². The Hall–Kier alpha value is -1.95. The molecule has 0 spiro atoms. The Morgan fingerprint density at radius 2 is 1.81 bits per heavy atom. The molecule has 0 fully saturated rings. The predicted molar refractivity (Wildman–Crippen MR) is 79.2 cm³/mol. The number of hydrogen-bond donors (Lipinski definition) is 3. The van der Waals surface area contributed by atoms with Gasteiger partial charge in [0, 0.05) is 31.1 Å². The summed E-state index contributed by atoms with van der Waals surface area (Å²) in [6.07, 6.45) is 1.71. The monoisotopic (exact) mass is 295 g/mol. The minimum Gasteiger partial charge on any atom is -0.356 e. The number of nitrogens with one attached hydrogen (secondary N) is 2. The van der Waals surface area contributed by atoms with Crippen LogP contribution in [0.3, 0.4) is 0 Å². The van der Waals surface area contributed by atoms with E-state index in [4.69, 9.17) is 5.73 Å². The van der Waals surface area contributed by atoms with Crippen molar-refractivity contribution in [3.8, 4) is 0 Å². The zero-order chi connectivity index (χ0) is 15.7. The van der Waals surface area contributed by atoms with Crippen LogP contribution in [0.1, 0.15) is 36.5 Å². The normalized spacial score (nSPS) is 11.8. The van der Waals surface area contributed by atoms with E-state index in [2.05, 4.69) is 10.6 Å². The lowest BCUT2D eigenvalue weighted by Gasteiger charge is -2.08. The Kier molecular flexibility index (Phi) is 7.39. The molecule has 0 aromatic heterocycles. The average Bonchev–Trinajstić information content (AvgIpc) is 2.45. The maximum absolute atomic E-state index is 12.7. The maximum atomic E-state index is 12.7. The van der Waals surface area contributed by atoms with Crippen LogP contribution < -0.4 is 16.4 Å². The van der Waals surface area contributed by atoms with Gasteiger partial charge >= 0.3 is 0 Å². The molecule has 1 atom stereocenters. The van der Waals surface area contributed by atoms with Crippen LogP contribution in [0.2, 0.25) is 0 Å². The molecule has 0 aliphatic heterocycles. The molecule has 0 saturated carbocycles. The first-order chi connectivity index (χ1) is 9.99. The van der Waals surface area contributed by atoms with Gasteiger partial charge in [-0.1, -0.05) is 0 Å². The number of amides is 2. The minimum absolute atomic E-state index is 0.0192. The lowest BCUT2D eigenvalue weighted by molar-refractivity contribution is -0.121. The minimum atomic E-state index is -0.374. The molecule has 4 N–H and O–H groups in total. The zero-order valence-electron chi connectivity index (χ0n) is 12.2. The van der Waals surface area contributed by atoms with Crippen LogP contribution >= 0.6 is 0 Å². The standard InChI is InChI=1S/C15H22FN3O2/c1-11(17)3-8-14(20)18-9-2-10-19-15(21)12-4-6-13(16)7-5-12/h4-7,11H,2-3,8-10,17H2,1H3,(H,18,20)(H,19,21). The van der Waals surface area contributed by atoms with Crippen LogP contribution in [0.5, 0.6) is 0 Å². The third kappa shape index (κ3) is 7.41. The van der Waals surface area contributed by atoms with E-state index in [-0.39, 0.29) is 23.7 Å². The number of hydrogen-bond acceptors (Lipinski definition) is 3. The van der Waals surface area contributed by atoms with Gasteiger partial charge in [-0.05, 0) is 44.0 Å². The molecule has 0 bridgehead atoms. The van der Waals surface area contributed by atoms with Crippen molar-refractivity contribution in [1.82, 2.24) is 10.6 Å². The van der Waals surface area contributed by atoms with Crippen molar-refractivity contribution in [2.45, 2.75) is 32.2 Å². The average molecular weight is 295 g/mol. The Morgan fingerprint density at radius 3 is 2.43 bits per heavy atom. The van der Waals surface area contributed by atoms with E-state index in [9.17, 15) is 14.0 Å². The quantitative estimate of drug-likeness (QED) is 0.630. The fourth-order valence-corrected chi connectivity index (χ4v) is 1.67. The van der Waals surface area contributed by atoms with Crippen molar-refractivity contribution in [1.29, 1.82) is 0 Å². The molecule has 5 nitrogen and oxygen atoms in total. The summed E-state index contributed by atoms with van der Waals surface area (Å²) in [6, 6.07) is 5.37. The highest BCUT2D eigenvalue weighted by molar-refractivity contribution is 5.94. The molecule has 1 aromatic rings. The molecule has 1 unspecified atom stereocenters. The smallest absolute Gasteiger partial charge is 0.251 e. The first-order valence-electron chi connectivity index (χ1n) is 7.05. The van der Waals surface area contributed by atoms with Gasteiger partial charge < -0.3 is 16.4 Å². The number of nitrogens with two attached hydrogens (primary N) is 1. The Balaban J connectivity index is 2.12. The number of halogens is 1. The molecule has 116 valence electrons. The van der Waals surface area contributed by atoms with Gasteiger partial charge in [-0.2, -0.15) is 0 Å². The van der Waals surface area contributed by atoms with Gasteiger partial charge in [-0.15, -0.1) is 0 Å². The van der Waals surface area contributed by atoms with Gasteiger partial charge in [-0.25, -0.2) is 4.39 Å². The fraction of sp³-hybridized carbons (Fsp3) is 0.467. The summed E-state index contributed by atoms with van der Waals surface area (Å²) in [4.78, 5) is 23.1. The third-order valence-corrected chi connectivity index (χ3v) is 2.89. The molecule has 0 heterocycles. The van der Waals surface area contributed by atoms with E-state index in [1.165, 1.54) is 24.3 Å². The molecular weight excluding hydrogens is 273 g/mol. The van der Waals surface area contributed by atoms with Crippen molar-refractivity contribution in [3.05, 3.63) is 35.6 Å². The van der Waals surface area contributed by atoms with Crippen LogP contribution in [0, 0.1) is 5.82 Å². The van der Waals surface area contributed by atoms with Crippen LogP contribution in [-0.2, 0) is 4.79 Å². The summed E-state index contributed by atoms with van der Waals surface area (Å²) in [6.45, 7) is 2.81. The van der Waals surface area contributed by atoms with Gasteiger partial charge in [-0.3, -0.25) is 9.59 Å². The summed E-state index contributed by atoms with van der Waals surface area (Å²) in [5.74, 6) is -0.656. The molecule has 2 amide bonds. The summed E-state index contributed by atoms with van der Waals surface area (Å²) >= 11 is 0. The summed E-state index contributed by atoms with van der Waals surface area (Å²) in [7, 11) is 0. The van der Waals surface area contributed by atoms with Crippen molar-refractivity contribution < 1.29 is 14.0 Å². The van der Waals surface area contributed by atoms with E-state index in [1.54, 1.807) is 0 Å². The van der Waals surface area contributed by atoms with Gasteiger partial charge in [0.1, 0.15) is 5.82 Å². The van der Waals surface area contributed by atoms with Crippen molar-refractivity contribution >= 4 is 11.8 Å². The fourth-order valence-electron chi connectivity index (χ4n) is 1.67. The topological polar surface area (TPSA) is 84.2 Å². The maximum Gasteiger partial charge on any atom is 0.251 e.